The first kappa shape index (κ1) is 14.0. The van der Waals surface area contributed by atoms with Crippen LogP contribution < -0.4 is 5.32 Å². The van der Waals surface area contributed by atoms with E-state index >= 15 is 0 Å². The van der Waals surface area contributed by atoms with Gasteiger partial charge in [0.1, 0.15) is 5.82 Å². The largest absolute Gasteiger partial charge is 0.310 e. The van der Waals surface area contributed by atoms with Crippen molar-refractivity contribution in [3.8, 4) is 0 Å². The Balaban J connectivity index is 1.95. The lowest BCUT2D eigenvalue weighted by Crippen LogP contribution is -2.29. The highest BCUT2D eigenvalue weighted by Gasteiger charge is 2.44. The van der Waals surface area contributed by atoms with Gasteiger partial charge in [-0.3, -0.25) is 0 Å². The minimum atomic E-state index is -0.202. The molecule has 1 aliphatic rings. The van der Waals surface area contributed by atoms with Gasteiger partial charge in [-0.05, 0) is 64.7 Å². The molecule has 0 aromatic heterocycles. The van der Waals surface area contributed by atoms with Gasteiger partial charge in [0.15, 0.2) is 0 Å². The highest BCUT2D eigenvalue weighted by atomic mass is 79.9. The summed E-state index contributed by atoms with van der Waals surface area (Å²) in [6.07, 6.45) is 2.66. The fourth-order valence-electron chi connectivity index (χ4n) is 2.37. The maximum Gasteiger partial charge on any atom is 0.137 e. The third-order valence-electron chi connectivity index (χ3n) is 4.32. The van der Waals surface area contributed by atoms with Crippen LogP contribution in [0, 0.1) is 17.2 Å². The zero-order valence-corrected chi connectivity index (χ0v) is 12.8. The maximum absolute atomic E-state index is 13.2. The minimum Gasteiger partial charge on any atom is -0.310 e. The predicted molar refractivity (Wildman–Crippen MR) is 77.0 cm³/mol. The van der Waals surface area contributed by atoms with Crippen LogP contribution in [0.1, 0.15) is 45.2 Å². The first-order chi connectivity index (χ1) is 8.44. The topological polar surface area (TPSA) is 12.0 Å². The van der Waals surface area contributed by atoms with Gasteiger partial charge in [-0.1, -0.05) is 19.9 Å². The molecule has 18 heavy (non-hydrogen) atoms. The van der Waals surface area contributed by atoms with Crippen LogP contribution in [-0.2, 0) is 0 Å². The van der Waals surface area contributed by atoms with Gasteiger partial charge in [-0.25, -0.2) is 4.39 Å². The SMILES string of the molecule is CC(NCC1(C(C)C)CC1)c1ccc(F)c(Br)c1. The first-order valence-electron chi connectivity index (χ1n) is 6.63. The maximum atomic E-state index is 13.2. The summed E-state index contributed by atoms with van der Waals surface area (Å²) in [4.78, 5) is 0. The van der Waals surface area contributed by atoms with Gasteiger partial charge in [-0.15, -0.1) is 0 Å². The monoisotopic (exact) mass is 313 g/mol. The molecule has 0 spiro atoms. The lowest BCUT2D eigenvalue weighted by atomic mass is 9.92. The van der Waals surface area contributed by atoms with Gasteiger partial charge in [0, 0.05) is 12.6 Å². The standard InChI is InChI=1S/C15H21BrFN/c1-10(2)15(6-7-15)9-18-11(3)12-4-5-14(17)13(16)8-12/h4-5,8,10-11,18H,6-7,9H2,1-3H3. The van der Waals surface area contributed by atoms with Crippen LogP contribution in [0.3, 0.4) is 0 Å². The zero-order valence-electron chi connectivity index (χ0n) is 11.3. The van der Waals surface area contributed by atoms with E-state index in [1.165, 1.54) is 18.9 Å². The fourth-order valence-corrected chi connectivity index (χ4v) is 2.77. The highest BCUT2D eigenvalue weighted by molar-refractivity contribution is 9.10. The molecule has 1 unspecified atom stereocenters. The van der Waals surface area contributed by atoms with Gasteiger partial charge >= 0.3 is 0 Å². The molecular formula is C15H21BrFN. The van der Waals surface area contributed by atoms with Crippen molar-refractivity contribution >= 4 is 15.9 Å². The van der Waals surface area contributed by atoms with Crippen molar-refractivity contribution in [1.29, 1.82) is 0 Å². The van der Waals surface area contributed by atoms with Gasteiger partial charge < -0.3 is 5.32 Å². The Morgan fingerprint density at radius 1 is 1.33 bits per heavy atom. The Labute approximate surface area is 117 Å². The normalized spacial score (nSPS) is 19.0. The number of hydrogen-bond acceptors (Lipinski definition) is 1. The van der Waals surface area contributed by atoms with E-state index in [2.05, 4.69) is 42.0 Å². The van der Waals surface area contributed by atoms with Crippen LogP contribution in [0.25, 0.3) is 0 Å². The second-order valence-corrected chi connectivity index (χ2v) is 6.65. The first-order valence-corrected chi connectivity index (χ1v) is 7.42. The molecule has 1 aromatic carbocycles. The van der Waals surface area contributed by atoms with Gasteiger partial charge in [0.2, 0.25) is 0 Å². The van der Waals surface area contributed by atoms with E-state index in [9.17, 15) is 4.39 Å². The van der Waals surface area contributed by atoms with E-state index in [4.69, 9.17) is 0 Å². The number of hydrogen-bond donors (Lipinski definition) is 1. The average molecular weight is 314 g/mol. The molecule has 1 atom stereocenters. The van der Waals surface area contributed by atoms with Crippen LogP contribution >= 0.6 is 15.9 Å². The van der Waals surface area contributed by atoms with Crippen molar-refractivity contribution in [2.24, 2.45) is 11.3 Å². The summed E-state index contributed by atoms with van der Waals surface area (Å²) in [5.41, 5.74) is 1.63. The molecule has 2 rings (SSSR count). The van der Waals surface area contributed by atoms with Crippen LogP contribution in [0.5, 0.6) is 0 Å². The van der Waals surface area contributed by atoms with Crippen LogP contribution in [0.2, 0.25) is 0 Å². The molecule has 0 amide bonds. The second-order valence-electron chi connectivity index (χ2n) is 5.79. The van der Waals surface area contributed by atoms with Crippen molar-refractivity contribution in [1.82, 2.24) is 5.32 Å². The quantitative estimate of drug-likeness (QED) is 0.832. The number of benzene rings is 1. The molecule has 1 nitrogen and oxygen atoms in total. The van der Waals surface area contributed by atoms with Crippen molar-refractivity contribution in [3.05, 3.63) is 34.1 Å². The molecule has 0 saturated heterocycles. The lowest BCUT2D eigenvalue weighted by molar-refractivity contribution is 0.325. The van der Waals surface area contributed by atoms with Gasteiger partial charge in [-0.2, -0.15) is 0 Å². The third-order valence-corrected chi connectivity index (χ3v) is 4.93. The van der Waals surface area contributed by atoms with Crippen molar-refractivity contribution in [2.75, 3.05) is 6.54 Å². The van der Waals surface area contributed by atoms with E-state index in [0.717, 1.165) is 18.0 Å². The number of rotatable bonds is 5. The summed E-state index contributed by atoms with van der Waals surface area (Å²) in [7, 11) is 0. The molecule has 3 heteroatoms. The Hall–Kier alpha value is -0.410. The Bertz CT molecular complexity index is 427. The molecule has 1 N–H and O–H groups in total. The van der Waals surface area contributed by atoms with Crippen molar-refractivity contribution in [3.63, 3.8) is 0 Å². The van der Waals surface area contributed by atoms with Gasteiger partial charge in [0.05, 0.1) is 4.47 Å². The minimum absolute atomic E-state index is 0.202. The lowest BCUT2D eigenvalue weighted by Gasteiger charge is -2.23. The smallest absolute Gasteiger partial charge is 0.137 e. The second kappa shape index (κ2) is 5.30. The summed E-state index contributed by atoms with van der Waals surface area (Å²) < 4.78 is 13.7. The van der Waals surface area contributed by atoms with Crippen molar-refractivity contribution < 1.29 is 4.39 Å². The summed E-state index contributed by atoms with van der Waals surface area (Å²) in [6, 6.07) is 5.50. The van der Waals surface area contributed by atoms with Crippen LogP contribution in [0.4, 0.5) is 4.39 Å². The number of halogens is 2. The molecule has 1 aliphatic carbocycles. The molecule has 0 radical (unpaired) electrons. The molecule has 1 aromatic rings. The summed E-state index contributed by atoms with van der Waals surface area (Å²) in [6.45, 7) is 7.79. The van der Waals surface area contributed by atoms with E-state index in [0.29, 0.717) is 9.89 Å². The van der Waals surface area contributed by atoms with E-state index in [1.54, 1.807) is 0 Å². The Morgan fingerprint density at radius 2 is 2.00 bits per heavy atom. The third kappa shape index (κ3) is 2.94. The van der Waals surface area contributed by atoms with Crippen LogP contribution in [0.15, 0.2) is 22.7 Å². The molecule has 0 bridgehead atoms. The molecule has 100 valence electrons. The van der Waals surface area contributed by atoms with Crippen LogP contribution in [-0.4, -0.2) is 6.54 Å². The number of nitrogens with one attached hydrogen (secondary N) is 1. The molecular weight excluding hydrogens is 293 g/mol. The average Bonchev–Trinajstić information content (AvgIpc) is 3.11. The molecule has 0 heterocycles. The molecule has 1 fully saturated rings. The molecule has 0 aliphatic heterocycles. The summed E-state index contributed by atoms with van der Waals surface area (Å²) in [5.74, 6) is 0.531. The zero-order chi connectivity index (χ0) is 13.3. The Morgan fingerprint density at radius 3 is 2.50 bits per heavy atom. The van der Waals surface area contributed by atoms with E-state index in [-0.39, 0.29) is 11.9 Å². The summed E-state index contributed by atoms with van der Waals surface area (Å²) >= 11 is 3.24. The Kier molecular flexibility index (Phi) is 4.12. The van der Waals surface area contributed by atoms with Crippen molar-refractivity contribution in [2.45, 2.75) is 39.7 Å². The van der Waals surface area contributed by atoms with Gasteiger partial charge in [0.25, 0.3) is 0 Å². The van der Waals surface area contributed by atoms with E-state index in [1.807, 2.05) is 12.1 Å². The predicted octanol–water partition coefficient (Wildman–Crippen LogP) is 4.68. The molecule has 1 saturated carbocycles. The fraction of sp³-hybridized carbons (Fsp3) is 0.600. The van der Waals surface area contributed by atoms with E-state index < -0.39 is 0 Å². The highest BCUT2D eigenvalue weighted by Crippen LogP contribution is 2.51. The summed E-state index contributed by atoms with van der Waals surface area (Å²) in [5, 5.41) is 3.59.